The van der Waals surface area contributed by atoms with Crippen LogP contribution in [0.1, 0.15) is 0 Å². The van der Waals surface area contributed by atoms with Crippen molar-refractivity contribution in [1.82, 2.24) is 20.2 Å². The van der Waals surface area contributed by atoms with Gasteiger partial charge in [0.1, 0.15) is 5.82 Å². The summed E-state index contributed by atoms with van der Waals surface area (Å²) in [5.74, 6) is 1.24. The lowest BCUT2D eigenvalue weighted by Gasteiger charge is -2.08. The summed E-state index contributed by atoms with van der Waals surface area (Å²) < 4.78 is 1.03. The largest absolute Gasteiger partial charge is 0.340 e. The van der Waals surface area contributed by atoms with Crippen LogP contribution in [0.3, 0.4) is 0 Å². The van der Waals surface area contributed by atoms with Crippen molar-refractivity contribution in [3.63, 3.8) is 0 Å². The third kappa shape index (κ3) is 3.21. The third-order valence-corrected chi connectivity index (χ3v) is 4.00. The molecule has 0 saturated heterocycles. The van der Waals surface area contributed by atoms with E-state index in [1.165, 1.54) is 0 Å². The first kappa shape index (κ1) is 14.6. The van der Waals surface area contributed by atoms with Crippen molar-refractivity contribution in [2.75, 3.05) is 10.6 Å². The van der Waals surface area contributed by atoms with Gasteiger partial charge in [0.25, 0.3) is 0 Å². The van der Waals surface area contributed by atoms with Crippen LogP contribution < -0.4 is 10.6 Å². The number of H-pyrrole nitrogens is 1. The van der Waals surface area contributed by atoms with Crippen molar-refractivity contribution < 1.29 is 0 Å². The summed E-state index contributed by atoms with van der Waals surface area (Å²) in [4.78, 5) is 8.73. The predicted molar refractivity (Wildman–Crippen MR) is 98.8 cm³/mol. The van der Waals surface area contributed by atoms with Gasteiger partial charge in [-0.25, -0.2) is 4.98 Å². The molecule has 0 aliphatic carbocycles. The zero-order valence-corrected chi connectivity index (χ0v) is 14.1. The van der Waals surface area contributed by atoms with E-state index < -0.39 is 0 Å². The van der Waals surface area contributed by atoms with E-state index in [4.69, 9.17) is 0 Å². The SMILES string of the molecule is Brc1ccc(Nc2nccc(Nc3ccc4cn[nH]c4c3)n2)cc1. The Balaban J connectivity index is 1.54. The Morgan fingerprint density at radius 3 is 2.62 bits per heavy atom. The summed E-state index contributed by atoms with van der Waals surface area (Å²) in [6.07, 6.45) is 3.51. The second-order valence-corrected chi connectivity index (χ2v) is 6.11. The fourth-order valence-corrected chi connectivity index (χ4v) is 2.58. The number of hydrogen-bond donors (Lipinski definition) is 3. The summed E-state index contributed by atoms with van der Waals surface area (Å²) in [6, 6.07) is 15.6. The Kier molecular flexibility index (Phi) is 3.84. The molecule has 0 radical (unpaired) electrons. The molecule has 0 fully saturated rings. The molecule has 0 bridgehead atoms. The van der Waals surface area contributed by atoms with Crippen LogP contribution in [-0.4, -0.2) is 20.2 Å². The maximum atomic E-state index is 4.48. The molecule has 4 rings (SSSR count). The molecule has 0 atom stereocenters. The third-order valence-electron chi connectivity index (χ3n) is 3.47. The minimum absolute atomic E-state index is 0.532. The molecule has 0 spiro atoms. The van der Waals surface area contributed by atoms with Crippen molar-refractivity contribution in [3.05, 3.63) is 65.4 Å². The number of halogens is 1. The average Bonchev–Trinajstić information content (AvgIpc) is 3.05. The number of benzene rings is 2. The number of nitrogens with one attached hydrogen (secondary N) is 3. The van der Waals surface area contributed by atoms with E-state index in [9.17, 15) is 0 Å². The van der Waals surface area contributed by atoms with Gasteiger partial charge in [0.15, 0.2) is 0 Å². The summed E-state index contributed by atoms with van der Waals surface area (Å²) in [7, 11) is 0. The maximum Gasteiger partial charge on any atom is 0.229 e. The number of anilines is 4. The van der Waals surface area contributed by atoms with Gasteiger partial charge in [0.05, 0.1) is 11.7 Å². The van der Waals surface area contributed by atoms with Crippen molar-refractivity contribution in [3.8, 4) is 0 Å². The quantitative estimate of drug-likeness (QED) is 0.482. The fourth-order valence-electron chi connectivity index (χ4n) is 2.31. The predicted octanol–water partition coefficient (Wildman–Crippen LogP) is 4.60. The van der Waals surface area contributed by atoms with Gasteiger partial charge in [0, 0.05) is 27.4 Å². The standard InChI is InChI=1S/C17H13BrN6/c18-12-2-5-13(6-3-12)22-17-19-8-7-16(23-17)21-14-4-1-11-10-20-24-15(11)9-14/h1-10H,(H,20,24)(H2,19,21,22,23). The normalized spacial score (nSPS) is 10.7. The van der Waals surface area contributed by atoms with Crippen molar-refractivity contribution in [2.45, 2.75) is 0 Å². The molecular formula is C17H13BrN6. The molecule has 7 heteroatoms. The first-order valence-corrected chi connectivity index (χ1v) is 8.11. The highest BCUT2D eigenvalue weighted by atomic mass is 79.9. The van der Waals surface area contributed by atoms with Gasteiger partial charge in [-0.1, -0.05) is 15.9 Å². The fraction of sp³-hybridized carbons (Fsp3) is 0. The van der Waals surface area contributed by atoms with E-state index in [1.54, 1.807) is 12.4 Å². The monoisotopic (exact) mass is 380 g/mol. The lowest BCUT2D eigenvalue weighted by atomic mass is 10.2. The molecule has 0 aliphatic heterocycles. The molecule has 2 aromatic carbocycles. The molecule has 0 aliphatic rings. The molecule has 0 unspecified atom stereocenters. The Morgan fingerprint density at radius 1 is 0.917 bits per heavy atom. The zero-order valence-electron chi connectivity index (χ0n) is 12.5. The zero-order chi connectivity index (χ0) is 16.4. The van der Waals surface area contributed by atoms with E-state index in [0.717, 1.165) is 26.8 Å². The summed E-state index contributed by atoms with van der Waals surface area (Å²) >= 11 is 3.42. The molecule has 2 heterocycles. The maximum absolute atomic E-state index is 4.48. The van der Waals surface area contributed by atoms with Crippen LogP contribution in [0.15, 0.2) is 65.4 Å². The molecule has 4 aromatic rings. The highest BCUT2D eigenvalue weighted by molar-refractivity contribution is 9.10. The molecular weight excluding hydrogens is 368 g/mol. The Bertz CT molecular complexity index is 980. The highest BCUT2D eigenvalue weighted by Gasteiger charge is 2.03. The minimum atomic E-state index is 0.532. The van der Waals surface area contributed by atoms with Crippen LogP contribution in [0.25, 0.3) is 10.9 Å². The van der Waals surface area contributed by atoms with Crippen molar-refractivity contribution in [1.29, 1.82) is 0 Å². The van der Waals surface area contributed by atoms with Crippen LogP contribution in [0.2, 0.25) is 0 Å². The summed E-state index contributed by atoms with van der Waals surface area (Å²) in [6.45, 7) is 0. The van der Waals surface area contributed by atoms with E-state index in [2.05, 4.69) is 46.7 Å². The number of aromatic nitrogens is 4. The topological polar surface area (TPSA) is 78.5 Å². The van der Waals surface area contributed by atoms with E-state index in [-0.39, 0.29) is 0 Å². The molecule has 118 valence electrons. The highest BCUT2D eigenvalue weighted by Crippen LogP contribution is 2.21. The minimum Gasteiger partial charge on any atom is -0.340 e. The summed E-state index contributed by atoms with van der Waals surface area (Å²) in [5, 5.41) is 14.5. The van der Waals surface area contributed by atoms with Gasteiger partial charge in [-0.3, -0.25) is 5.10 Å². The second kappa shape index (κ2) is 6.29. The first-order chi connectivity index (χ1) is 11.8. The van der Waals surface area contributed by atoms with Crippen molar-refractivity contribution >= 4 is 50.0 Å². The van der Waals surface area contributed by atoms with E-state index >= 15 is 0 Å². The second-order valence-electron chi connectivity index (χ2n) is 5.19. The average molecular weight is 381 g/mol. The number of nitrogens with zero attached hydrogens (tertiary/aromatic N) is 3. The van der Waals surface area contributed by atoms with Gasteiger partial charge in [-0.15, -0.1) is 0 Å². The Labute approximate surface area is 146 Å². The molecule has 3 N–H and O–H groups in total. The van der Waals surface area contributed by atoms with Gasteiger partial charge >= 0.3 is 0 Å². The van der Waals surface area contributed by atoms with Crippen LogP contribution in [0.5, 0.6) is 0 Å². The van der Waals surface area contributed by atoms with Crippen molar-refractivity contribution in [2.24, 2.45) is 0 Å². The number of aromatic amines is 1. The smallest absolute Gasteiger partial charge is 0.229 e. The lowest BCUT2D eigenvalue weighted by Crippen LogP contribution is -2.00. The van der Waals surface area contributed by atoms with E-state index in [1.807, 2.05) is 48.5 Å². The molecule has 2 aromatic heterocycles. The molecule has 24 heavy (non-hydrogen) atoms. The molecule has 0 saturated carbocycles. The van der Waals surface area contributed by atoms with Gasteiger partial charge in [-0.2, -0.15) is 10.1 Å². The van der Waals surface area contributed by atoms with Crippen LogP contribution >= 0.6 is 15.9 Å². The Hall–Kier alpha value is -2.93. The van der Waals surface area contributed by atoms with Crippen LogP contribution in [0, 0.1) is 0 Å². The van der Waals surface area contributed by atoms with Gasteiger partial charge in [0.2, 0.25) is 5.95 Å². The van der Waals surface area contributed by atoms with Crippen LogP contribution in [0.4, 0.5) is 23.1 Å². The van der Waals surface area contributed by atoms with Gasteiger partial charge < -0.3 is 10.6 Å². The number of rotatable bonds is 4. The first-order valence-electron chi connectivity index (χ1n) is 7.32. The summed E-state index contributed by atoms with van der Waals surface area (Å²) in [5.41, 5.74) is 2.83. The van der Waals surface area contributed by atoms with Crippen LogP contribution in [-0.2, 0) is 0 Å². The van der Waals surface area contributed by atoms with Gasteiger partial charge in [-0.05, 0) is 48.5 Å². The Morgan fingerprint density at radius 2 is 1.75 bits per heavy atom. The molecule has 0 amide bonds. The lowest BCUT2D eigenvalue weighted by molar-refractivity contribution is 1.12. The molecule has 6 nitrogen and oxygen atoms in total. The van der Waals surface area contributed by atoms with E-state index in [0.29, 0.717) is 11.8 Å². The number of fused-ring (bicyclic) bond motifs is 1. The number of hydrogen-bond acceptors (Lipinski definition) is 5.